The Morgan fingerprint density at radius 3 is 2.50 bits per heavy atom. The number of piperazine rings is 1. The van der Waals surface area contributed by atoms with E-state index in [-0.39, 0.29) is 11.9 Å². The normalized spacial score (nSPS) is 26.5. The van der Waals surface area contributed by atoms with Gasteiger partial charge in [0.15, 0.2) is 5.82 Å². The molecule has 2 atom stereocenters. The van der Waals surface area contributed by atoms with Crippen molar-refractivity contribution in [2.45, 2.75) is 68.8 Å². The Hall–Kier alpha value is -3.63. The first-order valence-electron chi connectivity index (χ1n) is 14.6. The van der Waals surface area contributed by atoms with Gasteiger partial charge in [-0.2, -0.15) is 0 Å². The maximum atomic E-state index is 10.3. The van der Waals surface area contributed by atoms with Crippen LogP contribution in [0.2, 0.25) is 0 Å². The molecule has 5 heterocycles. The number of aromatic hydroxyl groups is 1. The van der Waals surface area contributed by atoms with Crippen molar-refractivity contribution in [1.29, 1.82) is 0 Å². The van der Waals surface area contributed by atoms with Gasteiger partial charge in [0, 0.05) is 60.8 Å². The molecule has 0 radical (unpaired) electrons. The predicted octanol–water partition coefficient (Wildman–Crippen LogP) is 2.94. The first-order chi connectivity index (χ1) is 19.6. The molecule has 40 heavy (non-hydrogen) atoms. The van der Waals surface area contributed by atoms with Crippen LogP contribution in [-0.2, 0) is 0 Å². The van der Waals surface area contributed by atoms with E-state index in [1.165, 1.54) is 18.5 Å². The summed E-state index contributed by atoms with van der Waals surface area (Å²) in [5, 5.41) is 26.1. The fourth-order valence-electron chi connectivity index (χ4n) is 6.90. The summed E-state index contributed by atoms with van der Waals surface area (Å²) >= 11 is 0. The van der Waals surface area contributed by atoms with Crippen molar-refractivity contribution < 1.29 is 9.84 Å². The number of benzene rings is 1. The molecule has 0 spiro atoms. The number of pyridine rings is 1. The zero-order chi connectivity index (χ0) is 27.1. The smallest absolute Gasteiger partial charge is 0.215 e. The average Bonchev–Trinajstić information content (AvgIpc) is 3.22. The van der Waals surface area contributed by atoms with Crippen LogP contribution in [-0.4, -0.2) is 76.7 Å². The van der Waals surface area contributed by atoms with Crippen LogP contribution >= 0.6 is 0 Å². The minimum atomic E-state index is 0.184. The Balaban J connectivity index is 1.01. The zero-order valence-corrected chi connectivity index (χ0v) is 22.7. The number of hydrogen-bond donors (Lipinski definition) is 4. The molecule has 1 aliphatic carbocycles. The van der Waals surface area contributed by atoms with Crippen molar-refractivity contribution in [1.82, 2.24) is 25.8 Å². The number of fused-ring (bicyclic) bond motifs is 2. The monoisotopic (exact) mass is 542 g/mol. The summed E-state index contributed by atoms with van der Waals surface area (Å²) in [5.74, 6) is 1.32. The number of aromatic nitrogens is 3. The molecular weight excluding hydrogens is 504 g/mol. The summed E-state index contributed by atoms with van der Waals surface area (Å²) in [6, 6.07) is 15.3. The van der Waals surface area contributed by atoms with Crippen LogP contribution in [0.1, 0.15) is 38.5 Å². The number of ether oxygens (including phenoxy) is 1. The Morgan fingerprint density at radius 1 is 0.950 bits per heavy atom. The summed E-state index contributed by atoms with van der Waals surface area (Å²) in [6.45, 7) is 3.92. The van der Waals surface area contributed by atoms with Gasteiger partial charge in [0.05, 0.1) is 11.4 Å². The fraction of sp³-hybridized carbons (Fsp3) is 0.500. The SMILES string of the molecule is Nc1nnc(-c2ccccc2O)cc1N1CC2CCC(C1)N2c1ccnc(OC2CC(NC3CCNCC3)C2)c1. The van der Waals surface area contributed by atoms with Crippen LogP contribution in [0, 0.1) is 0 Å². The fourth-order valence-corrected chi connectivity index (χ4v) is 6.90. The van der Waals surface area contributed by atoms with Gasteiger partial charge in [0.25, 0.3) is 0 Å². The van der Waals surface area contributed by atoms with Gasteiger partial charge in [0.1, 0.15) is 11.9 Å². The van der Waals surface area contributed by atoms with Crippen LogP contribution in [0.15, 0.2) is 48.7 Å². The van der Waals surface area contributed by atoms with Crippen LogP contribution in [0.4, 0.5) is 17.2 Å². The maximum absolute atomic E-state index is 10.3. The Kier molecular flexibility index (Phi) is 6.81. The molecule has 4 aliphatic rings. The van der Waals surface area contributed by atoms with Crippen LogP contribution in [0.5, 0.6) is 11.6 Å². The largest absolute Gasteiger partial charge is 0.507 e. The molecule has 3 saturated heterocycles. The van der Waals surface area contributed by atoms with E-state index in [1.807, 2.05) is 24.4 Å². The summed E-state index contributed by atoms with van der Waals surface area (Å²) in [7, 11) is 0. The number of piperidine rings is 1. The number of nitrogens with two attached hydrogens (primary N) is 1. The number of rotatable bonds is 7. The van der Waals surface area contributed by atoms with Crippen molar-refractivity contribution in [3.8, 4) is 22.9 Å². The molecule has 10 nitrogen and oxygen atoms in total. The van der Waals surface area contributed by atoms with Gasteiger partial charge in [-0.15, -0.1) is 10.2 Å². The first kappa shape index (κ1) is 25.3. The van der Waals surface area contributed by atoms with Gasteiger partial charge in [-0.25, -0.2) is 4.98 Å². The minimum Gasteiger partial charge on any atom is -0.507 e. The molecule has 210 valence electrons. The molecule has 1 saturated carbocycles. The zero-order valence-electron chi connectivity index (χ0n) is 22.7. The molecule has 3 aromatic rings. The third-order valence-corrected chi connectivity index (χ3v) is 9.01. The highest BCUT2D eigenvalue weighted by Crippen LogP contribution is 2.39. The van der Waals surface area contributed by atoms with E-state index >= 15 is 0 Å². The molecular formula is C30H38N8O2. The van der Waals surface area contributed by atoms with Crippen LogP contribution < -0.4 is 30.9 Å². The lowest BCUT2D eigenvalue weighted by Crippen LogP contribution is -2.54. The van der Waals surface area contributed by atoms with E-state index in [4.69, 9.17) is 10.5 Å². The van der Waals surface area contributed by atoms with Gasteiger partial charge < -0.3 is 36.0 Å². The van der Waals surface area contributed by atoms with Gasteiger partial charge >= 0.3 is 0 Å². The van der Waals surface area contributed by atoms with Crippen molar-refractivity contribution >= 4 is 17.2 Å². The standard InChI is InChI=1S/C30H38N8O2/c31-30-27(16-26(35-36-30)25-3-1-2-4-28(25)39)37-17-22-5-6-23(18-37)38(22)21-9-12-33-29(15-21)40-24-13-20(14-24)34-19-7-10-32-11-8-19/h1-4,9,12,15-16,19-20,22-24,32,34,39H,5-8,10-11,13-14,17-18H2,(H2,31,36). The lowest BCUT2D eigenvalue weighted by molar-refractivity contribution is 0.0730. The summed E-state index contributed by atoms with van der Waals surface area (Å²) < 4.78 is 6.31. The predicted molar refractivity (Wildman–Crippen MR) is 156 cm³/mol. The molecule has 7 rings (SSSR count). The van der Waals surface area contributed by atoms with E-state index < -0.39 is 0 Å². The van der Waals surface area contributed by atoms with Crippen LogP contribution in [0.25, 0.3) is 11.3 Å². The van der Waals surface area contributed by atoms with E-state index in [0.717, 1.165) is 63.4 Å². The quantitative estimate of drug-likeness (QED) is 0.354. The molecule has 0 amide bonds. The topological polar surface area (TPSA) is 125 Å². The molecule has 4 fully saturated rings. The number of phenols is 1. The Bertz CT molecular complexity index is 1330. The molecule has 2 aromatic heterocycles. The summed E-state index contributed by atoms with van der Waals surface area (Å²) in [6.07, 6.45) is 8.87. The van der Waals surface area contributed by atoms with E-state index in [9.17, 15) is 5.11 Å². The Morgan fingerprint density at radius 2 is 1.73 bits per heavy atom. The lowest BCUT2D eigenvalue weighted by atomic mass is 9.88. The molecule has 10 heteroatoms. The second-order valence-corrected chi connectivity index (χ2v) is 11.7. The van der Waals surface area contributed by atoms with Gasteiger partial charge in [-0.05, 0) is 75.9 Å². The number of para-hydroxylation sites is 1. The highest BCUT2D eigenvalue weighted by molar-refractivity contribution is 5.74. The highest BCUT2D eigenvalue weighted by atomic mass is 16.5. The number of nitrogens with one attached hydrogen (secondary N) is 2. The van der Waals surface area contributed by atoms with Crippen LogP contribution in [0.3, 0.4) is 0 Å². The lowest BCUT2D eigenvalue weighted by Gasteiger charge is -2.43. The number of nitrogen functional groups attached to an aromatic ring is 1. The number of hydrogen-bond acceptors (Lipinski definition) is 10. The third-order valence-electron chi connectivity index (χ3n) is 9.01. The first-order valence-corrected chi connectivity index (χ1v) is 14.6. The van der Waals surface area contributed by atoms with Crippen molar-refractivity contribution in [2.75, 3.05) is 41.7 Å². The summed E-state index contributed by atoms with van der Waals surface area (Å²) in [5.41, 5.74) is 9.65. The number of anilines is 3. The molecule has 1 aromatic carbocycles. The molecule has 2 unspecified atom stereocenters. The van der Waals surface area contributed by atoms with E-state index in [0.29, 0.717) is 41.2 Å². The maximum Gasteiger partial charge on any atom is 0.215 e. The van der Waals surface area contributed by atoms with Crippen molar-refractivity contribution in [3.63, 3.8) is 0 Å². The second-order valence-electron chi connectivity index (χ2n) is 11.7. The minimum absolute atomic E-state index is 0.184. The van der Waals surface area contributed by atoms with Crippen molar-refractivity contribution in [3.05, 3.63) is 48.7 Å². The van der Waals surface area contributed by atoms with Crippen molar-refractivity contribution in [2.24, 2.45) is 0 Å². The third kappa shape index (κ3) is 5.01. The summed E-state index contributed by atoms with van der Waals surface area (Å²) in [4.78, 5) is 9.42. The van der Waals surface area contributed by atoms with Gasteiger partial charge in [-0.3, -0.25) is 0 Å². The highest BCUT2D eigenvalue weighted by Gasteiger charge is 2.41. The molecule has 2 bridgehead atoms. The Labute approximate surface area is 234 Å². The van der Waals surface area contributed by atoms with Gasteiger partial charge in [0.2, 0.25) is 5.88 Å². The number of phenolic OH excluding ortho intramolecular Hbond substituents is 1. The van der Waals surface area contributed by atoms with E-state index in [2.05, 4.69) is 47.7 Å². The molecule has 3 aliphatic heterocycles. The second kappa shape index (κ2) is 10.7. The molecule has 5 N–H and O–H groups in total. The van der Waals surface area contributed by atoms with E-state index in [1.54, 1.807) is 12.1 Å². The van der Waals surface area contributed by atoms with Gasteiger partial charge in [-0.1, -0.05) is 12.1 Å². The number of nitrogens with zero attached hydrogens (tertiary/aromatic N) is 5. The average molecular weight is 543 g/mol.